The molecule has 0 spiro atoms. The fourth-order valence-corrected chi connectivity index (χ4v) is 2.92. The second-order valence-corrected chi connectivity index (χ2v) is 5.45. The van der Waals surface area contributed by atoms with Crippen molar-refractivity contribution < 1.29 is 27.1 Å². The summed E-state index contributed by atoms with van der Waals surface area (Å²) in [6, 6.07) is 6.47. The van der Waals surface area contributed by atoms with E-state index >= 15 is 0 Å². The fourth-order valence-electron chi connectivity index (χ4n) is 2.55. The second kappa shape index (κ2) is 4.27. The molecular weight excluding hydrogens is 359 g/mol. The van der Waals surface area contributed by atoms with E-state index in [9.17, 15) is 27.1 Å². The van der Waals surface area contributed by atoms with E-state index in [1.54, 1.807) is 0 Å². The zero-order valence-electron chi connectivity index (χ0n) is 10.1. The van der Waals surface area contributed by atoms with Crippen molar-refractivity contribution in [2.45, 2.75) is 11.5 Å². The van der Waals surface area contributed by atoms with E-state index in [0.29, 0.717) is 0 Å². The van der Waals surface area contributed by atoms with Crippen LogP contribution in [0.25, 0.3) is 0 Å². The van der Waals surface area contributed by atoms with E-state index in [1.165, 1.54) is 18.2 Å². The minimum atomic E-state index is -4.08. The number of fused-ring (bicyclic) bond motifs is 1. The van der Waals surface area contributed by atoms with Crippen LogP contribution in [0.2, 0.25) is 0 Å². The molecule has 0 aliphatic heterocycles. The summed E-state index contributed by atoms with van der Waals surface area (Å²) in [6.45, 7) is 0. The van der Waals surface area contributed by atoms with E-state index in [1.807, 2.05) is 0 Å². The average molecular weight is 365 g/mol. The van der Waals surface area contributed by atoms with Gasteiger partial charge in [-0.1, -0.05) is 30.3 Å². The van der Waals surface area contributed by atoms with Crippen molar-refractivity contribution >= 4 is 15.9 Å². The molecule has 0 aromatic heterocycles. The van der Waals surface area contributed by atoms with Gasteiger partial charge in [0.05, 0.1) is 10.0 Å². The minimum absolute atomic E-state index is 0.345. The zero-order valence-corrected chi connectivity index (χ0v) is 11.7. The Morgan fingerprint density at radius 3 is 2.00 bits per heavy atom. The number of alkyl halides is 2. The van der Waals surface area contributed by atoms with Gasteiger partial charge in [-0.3, -0.25) is 0 Å². The van der Waals surface area contributed by atoms with Crippen molar-refractivity contribution in [1.29, 1.82) is 0 Å². The normalized spacial score (nSPS) is 22.6. The number of rotatable bonds is 1. The third-order valence-corrected chi connectivity index (χ3v) is 4.29. The lowest BCUT2D eigenvalue weighted by Gasteiger charge is -2.47. The number of hydrogen-bond acceptors (Lipinski definition) is 1. The van der Waals surface area contributed by atoms with Gasteiger partial charge in [-0.25, -0.2) is 13.2 Å². The molecule has 0 radical (unpaired) electrons. The molecule has 7 heteroatoms. The van der Waals surface area contributed by atoms with E-state index < -0.39 is 44.6 Å². The quantitative estimate of drug-likeness (QED) is 0.456. The van der Waals surface area contributed by atoms with Crippen LogP contribution < -0.4 is 0 Å². The summed E-state index contributed by atoms with van der Waals surface area (Å²) in [6.07, 6.45) is 0. The molecule has 0 saturated heterocycles. The molecule has 2 aromatic rings. The maximum Gasteiger partial charge on any atom is 0.313 e. The van der Waals surface area contributed by atoms with Gasteiger partial charge in [-0.2, -0.15) is 8.78 Å². The van der Waals surface area contributed by atoms with E-state index in [2.05, 4.69) is 15.9 Å². The van der Waals surface area contributed by atoms with Crippen LogP contribution in [0.15, 0.2) is 34.8 Å². The highest BCUT2D eigenvalue weighted by atomic mass is 79.9. The molecular formula is C14H6BrF5O. The van der Waals surface area contributed by atoms with Crippen LogP contribution >= 0.6 is 15.9 Å². The van der Waals surface area contributed by atoms with Gasteiger partial charge in [-0.15, -0.1) is 0 Å². The summed E-state index contributed by atoms with van der Waals surface area (Å²) >= 11 is 2.39. The Bertz CT molecular complexity index is 747. The van der Waals surface area contributed by atoms with Gasteiger partial charge >= 0.3 is 5.92 Å². The first-order valence-corrected chi connectivity index (χ1v) is 6.56. The fraction of sp³-hybridized carbons (Fsp3) is 0.143. The maximum absolute atomic E-state index is 14.2. The van der Waals surface area contributed by atoms with Crippen LogP contribution in [-0.4, -0.2) is 5.11 Å². The monoisotopic (exact) mass is 364 g/mol. The van der Waals surface area contributed by atoms with Crippen molar-refractivity contribution in [2.75, 3.05) is 0 Å². The average Bonchev–Trinajstić information content (AvgIpc) is 2.48. The molecule has 110 valence electrons. The van der Waals surface area contributed by atoms with Gasteiger partial charge in [0.15, 0.2) is 17.2 Å². The highest BCUT2D eigenvalue weighted by Gasteiger charge is 2.70. The zero-order chi connectivity index (χ0) is 15.6. The Kier molecular flexibility index (Phi) is 2.94. The molecule has 2 aromatic carbocycles. The number of halogens is 6. The van der Waals surface area contributed by atoms with E-state index in [-0.39, 0.29) is 5.56 Å². The van der Waals surface area contributed by atoms with Gasteiger partial charge in [0.25, 0.3) is 0 Å². The molecule has 1 aliphatic carbocycles. The molecule has 1 unspecified atom stereocenters. The largest absolute Gasteiger partial charge is 0.374 e. The third-order valence-electron chi connectivity index (χ3n) is 3.59. The third kappa shape index (κ3) is 1.53. The van der Waals surface area contributed by atoms with Crippen molar-refractivity contribution in [1.82, 2.24) is 0 Å². The summed E-state index contributed by atoms with van der Waals surface area (Å²) in [5.74, 6) is -9.05. The smallest absolute Gasteiger partial charge is 0.313 e. The lowest BCUT2D eigenvalue weighted by molar-refractivity contribution is -0.207. The van der Waals surface area contributed by atoms with Crippen molar-refractivity contribution in [3.8, 4) is 0 Å². The number of aliphatic hydroxyl groups is 1. The first-order valence-electron chi connectivity index (χ1n) is 5.77. The van der Waals surface area contributed by atoms with Crippen LogP contribution in [0, 0.1) is 17.5 Å². The Morgan fingerprint density at radius 1 is 0.857 bits per heavy atom. The van der Waals surface area contributed by atoms with Crippen LogP contribution in [0.1, 0.15) is 16.7 Å². The second-order valence-electron chi connectivity index (χ2n) is 4.66. The highest BCUT2D eigenvalue weighted by molar-refractivity contribution is 9.10. The first-order chi connectivity index (χ1) is 9.74. The molecule has 1 atom stereocenters. The number of benzene rings is 2. The van der Waals surface area contributed by atoms with Crippen molar-refractivity contribution in [3.05, 3.63) is 68.9 Å². The number of hydrogen-bond donors (Lipinski definition) is 1. The Hall–Kier alpha value is -1.47. The molecule has 1 N–H and O–H groups in total. The lowest BCUT2D eigenvalue weighted by Crippen LogP contribution is -2.56. The molecule has 0 heterocycles. The van der Waals surface area contributed by atoms with Gasteiger partial charge in [0.2, 0.25) is 0 Å². The van der Waals surface area contributed by atoms with Crippen molar-refractivity contribution in [2.24, 2.45) is 0 Å². The Labute approximate surface area is 124 Å². The first kappa shape index (κ1) is 14.5. The van der Waals surface area contributed by atoms with E-state index in [4.69, 9.17) is 0 Å². The highest BCUT2D eigenvalue weighted by Crippen LogP contribution is 2.62. The SMILES string of the molecule is OC1(c2ccccc2)c2c(F)c(F)c(Br)c(F)c2C1(F)F. The van der Waals surface area contributed by atoms with Crippen LogP contribution in [-0.2, 0) is 11.5 Å². The molecule has 3 rings (SSSR count). The summed E-state index contributed by atoms with van der Waals surface area (Å²) in [5.41, 5.74) is -5.85. The molecule has 0 fully saturated rings. The lowest BCUT2D eigenvalue weighted by atomic mass is 9.65. The summed E-state index contributed by atoms with van der Waals surface area (Å²) in [4.78, 5) is 0. The van der Waals surface area contributed by atoms with Gasteiger partial charge in [0, 0.05) is 5.56 Å². The van der Waals surface area contributed by atoms with Crippen molar-refractivity contribution in [3.63, 3.8) is 0 Å². The van der Waals surface area contributed by atoms with Crippen LogP contribution in [0.4, 0.5) is 22.0 Å². The van der Waals surface area contributed by atoms with E-state index in [0.717, 1.165) is 12.1 Å². The molecule has 0 bridgehead atoms. The molecule has 0 saturated carbocycles. The van der Waals surface area contributed by atoms with Gasteiger partial charge in [0.1, 0.15) is 5.82 Å². The molecule has 1 nitrogen and oxygen atoms in total. The Balaban J connectivity index is 2.38. The minimum Gasteiger partial charge on any atom is -0.374 e. The summed E-state index contributed by atoms with van der Waals surface area (Å²) in [7, 11) is 0. The molecule has 21 heavy (non-hydrogen) atoms. The standard InChI is InChI=1S/C14H6BrF5O/c15-9-10(16)8-7(11(17)12(9)18)13(21,14(8,19)20)6-4-2-1-3-5-6/h1-5,21H. The predicted molar refractivity (Wildman–Crippen MR) is 67.4 cm³/mol. The molecule has 0 amide bonds. The predicted octanol–water partition coefficient (Wildman–Crippen LogP) is 4.21. The van der Waals surface area contributed by atoms with Crippen LogP contribution in [0.3, 0.4) is 0 Å². The topological polar surface area (TPSA) is 20.2 Å². The molecule has 1 aliphatic rings. The van der Waals surface area contributed by atoms with Gasteiger partial charge < -0.3 is 5.11 Å². The van der Waals surface area contributed by atoms with Crippen LogP contribution in [0.5, 0.6) is 0 Å². The van der Waals surface area contributed by atoms with Gasteiger partial charge in [-0.05, 0) is 21.5 Å². The Morgan fingerprint density at radius 2 is 1.43 bits per heavy atom. The summed E-state index contributed by atoms with van der Waals surface area (Å²) < 4.78 is 68.7. The summed E-state index contributed by atoms with van der Waals surface area (Å²) in [5, 5.41) is 10.2. The maximum atomic E-state index is 14.2.